The molecule has 0 saturated carbocycles. The Kier molecular flexibility index (Phi) is 3.24. The predicted octanol–water partition coefficient (Wildman–Crippen LogP) is 3.17. The van der Waals surface area contributed by atoms with E-state index in [0.29, 0.717) is 5.69 Å². The van der Waals surface area contributed by atoms with Gasteiger partial charge in [-0.05, 0) is 36.7 Å². The Bertz CT molecular complexity index is 700. The summed E-state index contributed by atoms with van der Waals surface area (Å²) in [6.45, 7) is 5.35. The number of rotatable bonds is 1. The molecule has 0 aromatic carbocycles. The summed E-state index contributed by atoms with van der Waals surface area (Å²) >= 11 is 2.68. The van der Waals surface area contributed by atoms with Crippen LogP contribution in [0.1, 0.15) is 31.3 Å². The molecule has 0 amide bonds. The highest BCUT2D eigenvalue weighted by Gasteiger charge is 2.37. The monoisotopic (exact) mass is 337 g/mol. The van der Waals surface area contributed by atoms with Gasteiger partial charge in [-0.25, -0.2) is 4.98 Å². The van der Waals surface area contributed by atoms with Gasteiger partial charge >= 0.3 is 6.18 Å². The summed E-state index contributed by atoms with van der Waals surface area (Å²) in [6, 6.07) is -0.0980. The first-order chi connectivity index (χ1) is 8.64. The van der Waals surface area contributed by atoms with Crippen LogP contribution in [0.25, 0.3) is 5.78 Å². The average molecular weight is 338 g/mol. The van der Waals surface area contributed by atoms with E-state index in [-0.39, 0.29) is 11.8 Å². The van der Waals surface area contributed by atoms with Crippen molar-refractivity contribution in [2.24, 2.45) is 0 Å². The third-order valence-corrected chi connectivity index (χ3v) is 3.45. The molecule has 0 unspecified atom stereocenters. The molecule has 2 aromatic heterocycles. The number of hydrogen-bond acceptors (Lipinski definition) is 2. The lowest BCUT2D eigenvalue weighted by molar-refractivity contribution is -0.141. The Morgan fingerprint density at radius 1 is 1.37 bits per heavy atom. The molecule has 2 aromatic rings. The highest BCUT2D eigenvalue weighted by molar-refractivity contribution is 9.10. The van der Waals surface area contributed by atoms with Gasteiger partial charge in [0.05, 0.1) is 0 Å². The van der Waals surface area contributed by atoms with Crippen LogP contribution in [0.5, 0.6) is 0 Å². The second-order valence-electron chi connectivity index (χ2n) is 4.48. The number of halogens is 4. The Labute approximate surface area is 115 Å². The van der Waals surface area contributed by atoms with Gasteiger partial charge in [0.15, 0.2) is 5.69 Å². The molecule has 0 aliphatic carbocycles. The zero-order chi connectivity index (χ0) is 14.5. The summed E-state index contributed by atoms with van der Waals surface area (Å²) in [6.07, 6.45) is -3.19. The van der Waals surface area contributed by atoms with Crippen molar-refractivity contribution in [3.8, 4) is 0 Å². The highest BCUT2D eigenvalue weighted by Crippen LogP contribution is 2.32. The maximum atomic E-state index is 12.8. The fraction of sp³-hybridized carbons (Fsp3) is 0.455. The van der Waals surface area contributed by atoms with Crippen molar-refractivity contribution in [2.75, 3.05) is 0 Å². The van der Waals surface area contributed by atoms with Crippen LogP contribution < -0.4 is 5.56 Å². The first-order valence-corrected chi connectivity index (χ1v) is 6.30. The molecule has 2 heterocycles. The van der Waals surface area contributed by atoms with E-state index in [4.69, 9.17) is 0 Å². The van der Waals surface area contributed by atoms with Crippen LogP contribution in [0.3, 0.4) is 0 Å². The minimum atomic E-state index is -4.67. The topological polar surface area (TPSA) is 39.3 Å². The van der Waals surface area contributed by atoms with E-state index < -0.39 is 21.9 Å². The van der Waals surface area contributed by atoms with E-state index in [1.165, 1.54) is 6.20 Å². The molecule has 0 bridgehead atoms. The van der Waals surface area contributed by atoms with E-state index in [0.717, 1.165) is 4.40 Å². The first kappa shape index (κ1) is 14.1. The fourth-order valence-electron chi connectivity index (χ4n) is 2.02. The van der Waals surface area contributed by atoms with E-state index in [1.807, 2.05) is 13.8 Å². The molecule has 2 rings (SSSR count). The van der Waals surface area contributed by atoms with Crippen molar-refractivity contribution >= 4 is 21.7 Å². The molecule has 0 saturated heterocycles. The second kappa shape index (κ2) is 4.36. The van der Waals surface area contributed by atoms with Crippen LogP contribution >= 0.6 is 15.9 Å². The number of fused-ring (bicyclic) bond motifs is 1. The summed E-state index contributed by atoms with van der Waals surface area (Å²) in [7, 11) is 0. The van der Waals surface area contributed by atoms with Crippen molar-refractivity contribution in [1.82, 2.24) is 14.0 Å². The van der Waals surface area contributed by atoms with Gasteiger partial charge in [-0.1, -0.05) is 0 Å². The summed E-state index contributed by atoms with van der Waals surface area (Å²) in [5.41, 5.74) is -1.29. The molecule has 0 radical (unpaired) electrons. The molecular formula is C11H11BrF3N3O. The van der Waals surface area contributed by atoms with Gasteiger partial charge in [-0.2, -0.15) is 13.2 Å². The minimum Gasteiger partial charge on any atom is -0.312 e. The zero-order valence-electron chi connectivity index (χ0n) is 10.4. The largest absolute Gasteiger partial charge is 0.434 e. The molecule has 8 heteroatoms. The highest BCUT2D eigenvalue weighted by atomic mass is 79.9. The van der Waals surface area contributed by atoms with Crippen molar-refractivity contribution in [3.63, 3.8) is 0 Å². The second-order valence-corrected chi connectivity index (χ2v) is 5.27. The van der Waals surface area contributed by atoms with Gasteiger partial charge in [0.2, 0.25) is 5.78 Å². The molecule has 0 spiro atoms. The number of hydrogen-bond donors (Lipinski definition) is 0. The van der Waals surface area contributed by atoms with E-state index in [1.54, 1.807) is 11.5 Å². The lowest BCUT2D eigenvalue weighted by atomic mass is 10.3. The number of aryl methyl sites for hydroxylation is 1. The molecule has 0 aliphatic heterocycles. The Balaban J connectivity index is 2.95. The summed E-state index contributed by atoms with van der Waals surface area (Å²) in [5.74, 6) is -0.00646. The van der Waals surface area contributed by atoms with Crippen molar-refractivity contribution < 1.29 is 13.2 Å². The molecule has 0 aliphatic rings. The van der Waals surface area contributed by atoms with Gasteiger partial charge in [-0.15, -0.1) is 0 Å². The SMILES string of the molecule is Cc1cn2c(=O)c(Br)c(C(F)(F)F)nc2n1C(C)C. The van der Waals surface area contributed by atoms with Crippen molar-refractivity contribution in [2.45, 2.75) is 33.0 Å². The average Bonchev–Trinajstić information content (AvgIpc) is 2.58. The summed E-state index contributed by atoms with van der Waals surface area (Å²) in [5, 5.41) is 0. The van der Waals surface area contributed by atoms with Gasteiger partial charge < -0.3 is 4.57 Å². The van der Waals surface area contributed by atoms with Crippen LogP contribution in [0, 0.1) is 6.92 Å². The quantitative estimate of drug-likeness (QED) is 0.801. The standard InChI is InChI=1S/C11H11BrF3N3O/c1-5(2)18-6(3)4-17-9(19)7(12)8(11(13,14)15)16-10(17)18/h4-5H,1-3H3. The summed E-state index contributed by atoms with van der Waals surface area (Å²) in [4.78, 5) is 15.5. The lowest BCUT2D eigenvalue weighted by Gasteiger charge is -2.12. The number of imidazole rings is 1. The van der Waals surface area contributed by atoms with E-state index in [2.05, 4.69) is 20.9 Å². The van der Waals surface area contributed by atoms with Crippen molar-refractivity contribution in [3.05, 3.63) is 32.4 Å². The third kappa shape index (κ3) is 2.18. The Morgan fingerprint density at radius 2 is 1.95 bits per heavy atom. The number of alkyl halides is 3. The molecular weight excluding hydrogens is 327 g/mol. The third-order valence-electron chi connectivity index (χ3n) is 2.74. The lowest BCUT2D eigenvalue weighted by Crippen LogP contribution is -2.22. The van der Waals surface area contributed by atoms with Gasteiger partial charge in [0.1, 0.15) is 4.47 Å². The van der Waals surface area contributed by atoms with Crippen LogP contribution in [-0.2, 0) is 6.18 Å². The molecule has 4 nitrogen and oxygen atoms in total. The smallest absolute Gasteiger partial charge is 0.312 e. The summed E-state index contributed by atoms with van der Waals surface area (Å²) < 4.78 is 40.7. The molecule has 0 fully saturated rings. The van der Waals surface area contributed by atoms with Crippen LogP contribution in [0.4, 0.5) is 13.2 Å². The Morgan fingerprint density at radius 3 is 2.42 bits per heavy atom. The number of nitrogens with zero attached hydrogens (tertiary/aromatic N) is 3. The number of aromatic nitrogens is 3. The zero-order valence-corrected chi connectivity index (χ0v) is 12.0. The first-order valence-electron chi connectivity index (χ1n) is 5.51. The van der Waals surface area contributed by atoms with E-state index >= 15 is 0 Å². The van der Waals surface area contributed by atoms with Crippen LogP contribution in [0.15, 0.2) is 15.5 Å². The molecule has 0 atom stereocenters. The Hall–Kier alpha value is -1.31. The maximum Gasteiger partial charge on any atom is 0.434 e. The normalized spacial score (nSPS) is 12.6. The van der Waals surface area contributed by atoms with Gasteiger partial charge in [0.25, 0.3) is 5.56 Å². The molecule has 19 heavy (non-hydrogen) atoms. The predicted molar refractivity (Wildman–Crippen MR) is 67.3 cm³/mol. The van der Waals surface area contributed by atoms with E-state index in [9.17, 15) is 18.0 Å². The maximum absolute atomic E-state index is 12.8. The fourth-order valence-corrected chi connectivity index (χ4v) is 2.52. The van der Waals surface area contributed by atoms with Gasteiger partial charge in [0, 0.05) is 17.9 Å². The van der Waals surface area contributed by atoms with Crippen LogP contribution in [0.2, 0.25) is 0 Å². The van der Waals surface area contributed by atoms with Gasteiger partial charge in [-0.3, -0.25) is 9.20 Å². The molecule has 104 valence electrons. The van der Waals surface area contributed by atoms with Crippen molar-refractivity contribution in [1.29, 1.82) is 0 Å². The van der Waals surface area contributed by atoms with Crippen LogP contribution in [-0.4, -0.2) is 14.0 Å². The molecule has 0 N–H and O–H groups in total. The minimum absolute atomic E-state index is 0.00646.